The van der Waals surface area contributed by atoms with E-state index in [1.54, 1.807) is 6.20 Å². The summed E-state index contributed by atoms with van der Waals surface area (Å²) in [5, 5.41) is 15.2. The molecule has 0 radical (unpaired) electrons. The van der Waals surface area contributed by atoms with Gasteiger partial charge in [-0.05, 0) is 6.92 Å². The molecule has 2 aromatic heterocycles. The van der Waals surface area contributed by atoms with Crippen LogP contribution >= 0.6 is 0 Å². The lowest BCUT2D eigenvalue weighted by Gasteiger charge is -2.18. The summed E-state index contributed by atoms with van der Waals surface area (Å²) in [6.45, 7) is 8.28. The maximum Gasteiger partial charge on any atom is 0.144 e. The molecule has 0 aliphatic rings. The molecule has 80 valence electrons. The van der Waals surface area contributed by atoms with E-state index in [1.165, 1.54) is 0 Å². The van der Waals surface area contributed by atoms with Gasteiger partial charge < -0.3 is 0 Å². The Balaban J connectivity index is 2.60. The van der Waals surface area contributed by atoms with Crippen molar-refractivity contribution in [2.24, 2.45) is 0 Å². The fraction of sp³-hybridized carbons (Fsp3) is 0.500. The second kappa shape index (κ2) is 3.18. The van der Waals surface area contributed by atoms with Crippen molar-refractivity contribution in [3.05, 3.63) is 23.9 Å². The third-order valence-corrected chi connectivity index (χ3v) is 2.22. The summed E-state index contributed by atoms with van der Waals surface area (Å²) < 4.78 is 1.99. The molecule has 5 nitrogen and oxygen atoms in total. The van der Waals surface area contributed by atoms with Gasteiger partial charge in [-0.25, -0.2) is 0 Å². The Kier molecular flexibility index (Phi) is 2.10. The number of hydrogen-bond donors (Lipinski definition) is 1. The molecular weight excluding hydrogens is 190 g/mol. The van der Waals surface area contributed by atoms with Gasteiger partial charge in [0.15, 0.2) is 0 Å². The number of aromatic amines is 1. The number of H-pyrrole nitrogens is 1. The minimum Gasteiger partial charge on any atom is -0.267 e. The van der Waals surface area contributed by atoms with Crippen LogP contribution in [-0.2, 0) is 5.41 Å². The Morgan fingerprint density at radius 2 is 2.00 bits per heavy atom. The van der Waals surface area contributed by atoms with Gasteiger partial charge in [0, 0.05) is 11.5 Å². The fourth-order valence-corrected chi connectivity index (χ4v) is 1.51. The molecule has 0 amide bonds. The van der Waals surface area contributed by atoms with Crippen LogP contribution in [0, 0.1) is 6.92 Å². The highest BCUT2D eigenvalue weighted by molar-refractivity contribution is 5.25. The lowest BCUT2D eigenvalue weighted by Crippen LogP contribution is -2.19. The van der Waals surface area contributed by atoms with Crippen molar-refractivity contribution < 1.29 is 0 Å². The first-order chi connectivity index (χ1) is 7.00. The van der Waals surface area contributed by atoms with E-state index in [0.29, 0.717) is 0 Å². The maximum absolute atomic E-state index is 4.21. The molecule has 0 aliphatic carbocycles. The second-order valence-corrected chi connectivity index (χ2v) is 4.60. The predicted octanol–water partition coefficient (Wildman–Crippen LogP) is 1.60. The predicted molar refractivity (Wildman–Crippen MR) is 56.9 cm³/mol. The van der Waals surface area contributed by atoms with Gasteiger partial charge in [-0.2, -0.15) is 5.10 Å². The van der Waals surface area contributed by atoms with Crippen molar-refractivity contribution in [2.45, 2.75) is 33.1 Å². The van der Waals surface area contributed by atoms with Gasteiger partial charge in [0.1, 0.15) is 17.5 Å². The molecule has 0 unspecified atom stereocenters. The number of aryl methyl sites for hydroxylation is 1. The van der Waals surface area contributed by atoms with Crippen LogP contribution in [0.5, 0.6) is 0 Å². The molecule has 0 aliphatic heterocycles. The highest BCUT2D eigenvalue weighted by Gasteiger charge is 2.23. The van der Waals surface area contributed by atoms with Gasteiger partial charge in [-0.3, -0.25) is 9.67 Å². The van der Waals surface area contributed by atoms with Crippen LogP contribution in [0.1, 0.15) is 32.4 Å². The van der Waals surface area contributed by atoms with Crippen LogP contribution in [0.3, 0.4) is 0 Å². The Morgan fingerprint density at radius 3 is 2.53 bits per heavy atom. The van der Waals surface area contributed by atoms with Crippen molar-refractivity contribution in [1.29, 1.82) is 0 Å². The van der Waals surface area contributed by atoms with E-state index in [4.69, 9.17) is 0 Å². The van der Waals surface area contributed by atoms with Crippen LogP contribution < -0.4 is 0 Å². The first-order valence-corrected chi connectivity index (χ1v) is 4.92. The second-order valence-electron chi connectivity index (χ2n) is 4.60. The first kappa shape index (κ1) is 9.89. The van der Waals surface area contributed by atoms with Crippen LogP contribution in [0.15, 0.2) is 12.3 Å². The van der Waals surface area contributed by atoms with E-state index in [2.05, 4.69) is 41.2 Å². The van der Waals surface area contributed by atoms with E-state index in [9.17, 15) is 0 Å². The van der Waals surface area contributed by atoms with Gasteiger partial charge in [0.25, 0.3) is 0 Å². The van der Waals surface area contributed by atoms with Crippen LogP contribution in [0.2, 0.25) is 0 Å². The monoisotopic (exact) mass is 205 g/mol. The third-order valence-electron chi connectivity index (χ3n) is 2.22. The van der Waals surface area contributed by atoms with Crippen molar-refractivity contribution in [3.63, 3.8) is 0 Å². The number of rotatable bonds is 1. The summed E-state index contributed by atoms with van der Waals surface area (Å²) >= 11 is 0. The summed E-state index contributed by atoms with van der Waals surface area (Å²) in [6.07, 6.45) is 1.72. The molecule has 0 aromatic carbocycles. The Labute approximate surface area is 88.5 Å². The van der Waals surface area contributed by atoms with Gasteiger partial charge in [-0.1, -0.05) is 20.8 Å². The van der Waals surface area contributed by atoms with Crippen molar-refractivity contribution >= 4 is 0 Å². The highest BCUT2D eigenvalue weighted by atomic mass is 15.3. The Hall–Kier alpha value is -1.65. The SMILES string of the molecule is Cc1nnc(C(C)(C)C)n1-c1ccn[nH]1. The first-order valence-electron chi connectivity index (χ1n) is 4.92. The highest BCUT2D eigenvalue weighted by Crippen LogP contribution is 2.23. The number of nitrogens with zero attached hydrogens (tertiary/aromatic N) is 4. The minimum absolute atomic E-state index is 0.0353. The van der Waals surface area contributed by atoms with E-state index >= 15 is 0 Å². The fourth-order valence-electron chi connectivity index (χ4n) is 1.51. The van der Waals surface area contributed by atoms with Crippen molar-refractivity contribution in [1.82, 2.24) is 25.0 Å². The summed E-state index contributed by atoms with van der Waals surface area (Å²) in [6, 6.07) is 1.91. The van der Waals surface area contributed by atoms with E-state index in [0.717, 1.165) is 17.5 Å². The molecule has 2 heterocycles. The molecule has 5 heteroatoms. The Morgan fingerprint density at radius 1 is 1.27 bits per heavy atom. The quantitative estimate of drug-likeness (QED) is 0.769. The standard InChI is InChI=1S/C10H15N5/c1-7-12-14-9(10(2,3)4)15(7)8-5-6-11-13-8/h5-6H,1-4H3,(H,11,13). The van der Waals surface area contributed by atoms with Gasteiger partial charge >= 0.3 is 0 Å². The molecule has 0 atom stereocenters. The molecule has 1 N–H and O–H groups in total. The number of aromatic nitrogens is 5. The zero-order valence-electron chi connectivity index (χ0n) is 9.44. The Bertz CT molecular complexity index is 447. The molecule has 0 spiro atoms. The van der Waals surface area contributed by atoms with Crippen molar-refractivity contribution in [2.75, 3.05) is 0 Å². The average molecular weight is 205 g/mol. The normalized spacial score (nSPS) is 12.0. The molecule has 0 fully saturated rings. The molecule has 2 rings (SSSR count). The van der Waals surface area contributed by atoms with E-state index in [-0.39, 0.29) is 5.41 Å². The zero-order valence-corrected chi connectivity index (χ0v) is 9.44. The largest absolute Gasteiger partial charge is 0.267 e. The molecule has 0 bridgehead atoms. The summed E-state index contributed by atoms with van der Waals surface area (Å²) in [5.41, 5.74) is -0.0353. The van der Waals surface area contributed by atoms with Gasteiger partial charge in [0.2, 0.25) is 0 Å². The van der Waals surface area contributed by atoms with Crippen LogP contribution in [0.4, 0.5) is 0 Å². The molecular formula is C10H15N5. The van der Waals surface area contributed by atoms with Crippen molar-refractivity contribution in [3.8, 4) is 5.82 Å². The van der Waals surface area contributed by atoms with E-state index in [1.807, 2.05) is 17.6 Å². The smallest absolute Gasteiger partial charge is 0.144 e. The van der Waals surface area contributed by atoms with Gasteiger partial charge in [0.05, 0.1) is 6.20 Å². The topological polar surface area (TPSA) is 59.4 Å². The molecule has 2 aromatic rings. The van der Waals surface area contributed by atoms with Gasteiger partial charge in [-0.15, -0.1) is 10.2 Å². The maximum atomic E-state index is 4.21. The average Bonchev–Trinajstić information content (AvgIpc) is 2.69. The number of nitrogens with one attached hydrogen (secondary N) is 1. The zero-order chi connectivity index (χ0) is 11.1. The van der Waals surface area contributed by atoms with Crippen LogP contribution in [0.25, 0.3) is 5.82 Å². The molecule has 0 saturated carbocycles. The molecule has 15 heavy (non-hydrogen) atoms. The summed E-state index contributed by atoms with van der Waals surface area (Å²) in [7, 11) is 0. The number of hydrogen-bond acceptors (Lipinski definition) is 3. The van der Waals surface area contributed by atoms with E-state index < -0.39 is 0 Å². The summed E-state index contributed by atoms with van der Waals surface area (Å²) in [4.78, 5) is 0. The lowest BCUT2D eigenvalue weighted by atomic mass is 9.95. The third kappa shape index (κ3) is 1.65. The van der Waals surface area contributed by atoms with Crippen LogP contribution in [-0.4, -0.2) is 25.0 Å². The summed E-state index contributed by atoms with van der Waals surface area (Å²) in [5.74, 6) is 2.70. The lowest BCUT2D eigenvalue weighted by molar-refractivity contribution is 0.530. The minimum atomic E-state index is -0.0353. The molecule has 0 saturated heterocycles.